The molecule has 11 atom stereocenters. The molecule has 0 spiro atoms. The predicted octanol–water partition coefficient (Wildman–Crippen LogP) is 5.97. The van der Waals surface area contributed by atoms with E-state index in [-0.39, 0.29) is 39.8 Å². The van der Waals surface area contributed by atoms with Crippen LogP contribution < -0.4 is 0 Å². The van der Waals surface area contributed by atoms with Gasteiger partial charge in [0.15, 0.2) is 0 Å². The summed E-state index contributed by atoms with van der Waals surface area (Å²) in [6.45, 7) is 18.9. The van der Waals surface area contributed by atoms with Crippen LogP contribution in [0, 0.1) is 56.7 Å². The van der Waals surface area contributed by atoms with Crippen LogP contribution in [0.3, 0.4) is 0 Å². The van der Waals surface area contributed by atoms with Crippen LogP contribution in [-0.4, -0.2) is 34.1 Å². The number of aliphatic hydroxyl groups excluding tert-OH is 3. The van der Waals surface area contributed by atoms with Crippen molar-refractivity contribution in [2.24, 2.45) is 56.7 Å². The van der Waals surface area contributed by atoms with Gasteiger partial charge in [-0.1, -0.05) is 46.8 Å². The van der Waals surface area contributed by atoms with Gasteiger partial charge in [0.05, 0.1) is 18.8 Å². The molecule has 3 nitrogen and oxygen atoms in total. The lowest BCUT2D eigenvalue weighted by Gasteiger charge is -2.73. The first kappa shape index (κ1) is 24.3. The van der Waals surface area contributed by atoms with Gasteiger partial charge < -0.3 is 15.3 Å². The molecule has 0 saturated heterocycles. The van der Waals surface area contributed by atoms with Crippen LogP contribution >= 0.6 is 0 Å². The molecule has 5 rings (SSSR count). The van der Waals surface area contributed by atoms with Crippen molar-refractivity contribution in [3.8, 4) is 0 Å². The molecule has 3 heteroatoms. The fourth-order valence-electron chi connectivity index (χ4n) is 11.6. The van der Waals surface area contributed by atoms with Gasteiger partial charge in [0.1, 0.15) is 0 Å². The highest BCUT2D eigenvalue weighted by atomic mass is 16.3. The molecule has 0 heterocycles. The number of hydrogen-bond donors (Lipinski definition) is 3. The Morgan fingerprint density at radius 2 is 1.52 bits per heavy atom. The summed E-state index contributed by atoms with van der Waals surface area (Å²) in [4.78, 5) is 0. The molecule has 5 aliphatic carbocycles. The first-order valence-electron chi connectivity index (χ1n) is 13.9. The summed E-state index contributed by atoms with van der Waals surface area (Å²) >= 11 is 0. The second-order valence-corrected chi connectivity index (χ2v) is 14.7. The predicted molar refractivity (Wildman–Crippen MR) is 133 cm³/mol. The highest BCUT2D eigenvalue weighted by Crippen LogP contribution is 2.77. The molecule has 5 aliphatic rings. The van der Waals surface area contributed by atoms with Crippen molar-refractivity contribution in [1.82, 2.24) is 0 Å². The fraction of sp³-hybridized carbons (Fsp3) is 0.933. The summed E-state index contributed by atoms with van der Waals surface area (Å²) < 4.78 is 0. The van der Waals surface area contributed by atoms with E-state index < -0.39 is 6.10 Å². The lowest BCUT2D eigenvalue weighted by molar-refractivity contribution is -0.266. The van der Waals surface area contributed by atoms with Crippen LogP contribution in [0.1, 0.15) is 99.3 Å². The van der Waals surface area contributed by atoms with Crippen molar-refractivity contribution < 1.29 is 15.3 Å². The molecule has 0 radical (unpaired) electrons. The summed E-state index contributed by atoms with van der Waals surface area (Å²) in [6.07, 6.45) is 9.12. The standard InChI is InChI=1S/C30H50O3/c1-18(2)19-10-15-30(17-31)24(33)16-29(7)20(25(19)30)8-9-22-27(5)13-12-23(32)26(3,4)21(27)11-14-28(22,29)6/h19-25,31-33H,1,8-17H2,2-7H3/t19-,20+,21-,22+,23+,24-,25+,27-,28+,29+,30-/m0/s1. The molecule has 188 valence electrons. The van der Waals surface area contributed by atoms with Crippen molar-refractivity contribution in [2.45, 2.75) is 112 Å². The minimum Gasteiger partial charge on any atom is -0.396 e. The van der Waals surface area contributed by atoms with Crippen molar-refractivity contribution in [2.75, 3.05) is 6.61 Å². The minimum absolute atomic E-state index is 0.0271. The SMILES string of the molecule is C=C(C)[C@@H]1CC[C@@]2(CO)[C@H]1[C@H]1CC[C@@H]3[C@@]4(C)CC[C@@H](O)C(C)(C)[C@@H]4CC[C@@]3(C)[C@]1(C)C[C@@H]2O. The molecular formula is C30H50O3. The average Bonchev–Trinajstić information content (AvgIpc) is 3.13. The number of allylic oxidation sites excluding steroid dienone is 1. The molecule has 5 fully saturated rings. The molecule has 0 unspecified atom stereocenters. The summed E-state index contributed by atoms with van der Waals surface area (Å²) in [7, 11) is 0. The van der Waals surface area contributed by atoms with Gasteiger partial charge in [-0.25, -0.2) is 0 Å². The molecule has 3 N–H and O–H groups in total. The monoisotopic (exact) mass is 458 g/mol. The largest absolute Gasteiger partial charge is 0.396 e. The summed E-state index contributed by atoms with van der Waals surface area (Å²) in [5, 5.41) is 33.3. The van der Waals surface area contributed by atoms with Crippen LogP contribution in [0.4, 0.5) is 0 Å². The lowest BCUT2D eigenvalue weighted by Crippen LogP contribution is -2.68. The Hall–Kier alpha value is -0.380. The quantitative estimate of drug-likeness (QED) is 0.447. The Bertz CT molecular complexity index is 819. The number of hydrogen-bond acceptors (Lipinski definition) is 3. The van der Waals surface area contributed by atoms with Gasteiger partial charge in [0.2, 0.25) is 0 Å². The topological polar surface area (TPSA) is 60.7 Å². The van der Waals surface area contributed by atoms with Crippen molar-refractivity contribution in [3.63, 3.8) is 0 Å². The van der Waals surface area contributed by atoms with Crippen LogP contribution in [-0.2, 0) is 0 Å². The van der Waals surface area contributed by atoms with Crippen LogP contribution in [0.25, 0.3) is 0 Å². The van der Waals surface area contributed by atoms with Crippen molar-refractivity contribution in [3.05, 3.63) is 12.2 Å². The maximum absolute atomic E-state index is 11.7. The molecule has 0 aromatic carbocycles. The van der Waals surface area contributed by atoms with E-state index >= 15 is 0 Å². The summed E-state index contributed by atoms with van der Waals surface area (Å²) in [6, 6.07) is 0. The summed E-state index contributed by atoms with van der Waals surface area (Å²) in [5.41, 5.74) is 1.40. The molecule has 0 amide bonds. The molecule has 0 aromatic heterocycles. The highest BCUT2D eigenvalue weighted by Gasteiger charge is 2.72. The van der Waals surface area contributed by atoms with Crippen molar-refractivity contribution >= 4 is 0 Å². The van der Waals surface area contributed by atoms with E-state index in [2.05, 4.69) is 48.1 Å². The van der Waals surface area contributed by atoms with Crippen LogP contribution in [0.2, 0.25) is 0 Å². The third-order valence-electron chi connectivity index (χ3n) is 13.6. The second-order valence-electron chi connectivity index (χ2n) is 14.7. The van der Waals surface area contributed by atoms with Gasteiger partial charge in [0, 0.05) is 5.41 Å². The highest BCUT2D eigenvalue weighted by molar-refractivity contribution is 5.23. The van der Waals surface area contributed by atoms with Gasteiger partial charge in [-0.05, 0) is 116 Å². The zero-order valence-electron chi connectivity index (χ0n) is 22.2. The molecular weight excluding hydrogens is 408 g/mol. The molecule has 0 aromatic rings. The van der Waals surface area contributed by atoms with Crippen molar-refractivity contribution in [1.29, 1.82) is 0 Å². The third kappa shape index (κ3) is 2.80. The number of fused-ring (bicyclic) bond motifs is 7. The molecule has 0 aliphatic heterocycles. The average molecular weight is 459 g/mol. The third-order valence-corrected chi connectivity index (χ3v) is 13.6. The van der Waals surface area contributed by atoms with E-state index in [1.54, 1.807) is 0 Å². The maximum atomic E-state index is 11.7. The smallest absolute Gasteiger partial charge is 0.0626 e. The first-order valence-corrected chi connectivity index (χ1v) is 13.9. The molecule has 5 saturated carbocycles. The molecule has 33 heavy (non-hydrogen) atoms. The molecule has 0 bridgehead atoms. The Kier molecular flexibility index (Phi) is 5.40. The maximum Gasteiger partial charge on any atom is 0.0626 e. The summed E-state index contributed by atoms with van der Waals surface area (Å²) in [5.74, 6) is 2.51. The minimum atomic E-state index is -0.427. The lowest BCUT2D eigenvalue weighted by atomic mass is 9.32. The Morgan fingerprint density at radius 1 is 0.818 bits per heavy atom. The van der Waals surface area contributed by atoms with E-state index in [1.165, 1.54) is 31.3 Å². The Labute approximate surface area is 202 Å². The van der Waals surface area contributed by atoms with Crippen LogP contribution in [0.5, 0.6) is 0 Å². The van der Waals surface area contributed by atoms with Gasteiger partial charge in [0.25, 0.3) is 0 Å². The first-order chi connectivity index (χ1) is 15.3. The zero-order valence-corrected chi connectivity index (χ0v) is 22.2. The Balaban J connectivity index is 1.58. The number of aliphatic hydroxyl groups is 3. The van der Waals surface area contributed by atoms with E-state index in [4.69, 9.17) is 0 Å². The van der Waals surface area contributed by atoms with E-state index in [0.717, 1.165) is 32.1 Å². The van der Waals surface area contributed by atoms with E-state index in [9.17, 15) is 15.3 Å². The number of rotatable bonds is 2. The van der Waals surface area contributed by atoms with E-state index in [1.807, 2.05) is 0 Å². The van der Waals surface area contributed by atoms with Gasteiger partial charge in [-0.15, -0.1) is 0 Å². The Morgan fingerprint density at radius 3 is 2.15 bits per heavy atom. The van der Waals surface area contributed by atoms with Gasteiger partial charge >= 0.3 is 0 Å². The van der Waals surface area contributed by atoms with E-state index in [0.29, 0.717) is 29.6 Å². The van der Waals surface area contributed by atoms with Gasteiger partial charge in [-0.3, -0.25) is 0 Å². The van der Waals surface area contributed by atoms with Crippen LogP contribution in [0.15, 0.2) is 12.2 Å². The normalized spacial score (nSPS) is 57.4. The fourth-order valence-corrected chi connectivity index (χ4v) is 11.6. The second kappa shape index (κ2) is 7.32. The van der Waals surface area contributed by atoms with Gasteiger partial charge in [-0.2, -0.15) is 0 Å². The zero-order chi connectivity index (χ0) is 24.2.